The number of ether oxygens (including phenoxy) is 1. The van der Waals surface area contributed by atoms with Crippen LogP contribution in [0.1, 0.15) is 62.0 Å². The van der Waals surface area contributed by atoms with Crippen molar-refractivity contribution in [1.29, 1.82) is 0 Å². The summed E-state index contributed by atoms with van der Waals surface area (Å²) in [5.74, 6) is -0.710. The minimum Gasteiger partial charge on any atom is -0.481 e. The maximum Gasteiger partial charge on any atom is 0.407 e. The number of piperidine rings is 1. The van der Waals surface area contributed by atoms with Crippen molar-refractivity contribution in [1.82, 2.24) is 10.2 Å². The highest BCUT2D eigenvalue weighted by Crippen LogP contribution is 2.44. The summed E-state index contributed by atoms with van der Waals surface area (Å²) in [6.45, 7) is 0.817. The van der Waals surface area contributed by atoms with Gasteiger partial charge >= 0.3 is 12.1 Å². The summed E-state index contributed by atoms with van der Waals surface area (Å²) in [7, 11) is 0. The lowest BCUT2D eigenvalue weighted by Crippen LogP contribution is -2.48. The van der Waals surface area contributed by atoms with Crippen LogP contribution in [-0.4, -0.2) is 53.2 Å². The third kappa shape index (κ3) is 5.19. The fourth-order valence-electron chi connectivity index (χ4n) is 5.67. The van der Waals surface area contributed by atoms with Gasteiger partial charge in [0.05, 0.1) is 6.42 Å². The number of aliphatic carboxylic acids is 1. The summed E-state index contributed by atoms with van der Waals surface area (Å²) in [6, 6.07) is 15.9. The number of alkyl carbamates (subject to hydrolysis) is 1. The van der Waals surface area contributed by atoms with Crippen LogP contribution in [0.5, 0.6) is 0 Å². The fourth-order valence-corrected chi connectivity index (χ4v) is 5.67. The lowest BCUT2D eigenvalue weighted by Gasteiger charge is -2.36. The van der Waals surface area contributed by atoms with Crippen molar-refractivity contribution < 1.29 is 24.2 Å². The fraction of sp³-hybridized carbons (Fsp3) is 0.464. The quantitative estimate of drug-likeness (QED) is 0.583. The topological polar surface area (TPSA) is 95.9 Å². The van der Waals surface area contributed by atoms with E-state index in [0.717, 1.165) is 36.8 Å². The molecule has 1 heterocycles. The SMILES string of the molecule is O=C(O)C[C@@H]1CCCCN1C(=O)CC(NC(=O)OCC1c2ccccc2-c2ccccc21)C1CC1. The molecule has 2 fully saturated rings. The van der Waals surface area contributed by atoms with Gasteiger partial charge in [-0.3, -0.25) is 9.59 Å². The molecule has 184 valence electrons. The normalized spacial score (nSPS) is 20.0. The number of carboxylic acids is 1. The van der Waals surface area contributed by atoms with Gasteiger partial charge in [-0.2, -0.15) is 0 Å². The third-order valence-electron chi connectivity index (χ3n) is 7.59. The molecule has 0 radical (unpaired) electrons. The number of amides is 2. The summed E-state index contributed by atoms with van der Waals surface area (Å²) in [5, 5.41) is 12.2. The van der Waals surface area contributed by atoms with Crippen LogP contribution in [0.15, 0.2) is 48.5 Å². The Kier molecular flexibility index (Phi) is 6.75. The van der Waals surface area contributed by atoms with Crippen LogP contribution < -0.4 is 5.32 Å². The van der Waals surface area contributed by atoms with Gasteiger partial charge in [-0.1, -0.05) is 48.5 Å². The minimum atomic E-state index is -0.884. The lowest BCUT2D eigenvalue weighted by molar-refractivity contribution is -0.142. The van der Waals surface area contributed by atoms with E-state index in [1.807, 2.05) is 24.3 Å². The van der Waals surface area contributed by atoms with Crippen LogP contribution in [0.3, 0.4) is 0 Å². The molecule has 1 unspecified atom stereocenters. The van der Waals surface area contributed by atoms with Crippen LogP contribution in [0.4, 0.5) is 4.79 Å². The van der Waals surface area contributed by atoms with Gasteiger partial charge in [-0.05, 0) is 60.3 Å². The molecule has 1 aliphatic heterocycles. The van der Waals surface area contributed by atoms with Gasteiger partial charge in [0.25, 0.3) is 0 Å². The summed E-state index contributed by atoms with van der Waals surface area (Å²) in [6.07, 6.45) is 4.13. The van der Waals surface area contributed by atoms with E-state index in [1.54, 1.807) is 4.90 Å². The molecule has 1 saturated carbocycles. The Hall–Kier alpha value is -3.35. The molecule has 2 atom stereocenters. The second kappa shape index (κ2) is 10.1. The Labute approximate surface area is 205 Å². The number of likely N-dealkylation sites (tertiary alicyclic amines) is 1. The predicted octanol–water partition coefficient (Wildman–Crippen LogP) is 4.55. The van der Waals surface area contributed by atoms with E-state index >= 15 is 0 Å². The summed E-state index contributed by atoms with van der Waals surface area (Å²) in [5.41, 5.74) is 4.67. The molecule has 7 heteroatoms. The molecule has 2 N–H and O–H groups in total. The van der Waals surface area contributed by atoms with Gasteiger partial charge < -0.3 is 20.1 Å². The summed E-state index contributed by atoms with van der Waals surface area (Å²) < 4.78 is 5.70. The first kappa shape index (κ1) is 23.4. The monoisotopic (exact) mass is 476 g/mol. The number of nitrogens with one attached hydrogen (secondary N) is 1. The van der Waals surface area contributed by atoms with E-state index in [9.17, 15) is 19.5 Å². The van der Waals surface area contributed by atoms with Gasteiger partial charge in [-0.15, -0.1) is 0 Å². The zero-order valence-corrected chi connectivity index (χ0v) is 19.8. The molecular weight excluding hydrogens is 444 g/mol. The van der Waals surface area contributed by atoms with Gasteiger partial charge in [0.1, 0.15) is 6.61 Å². The van der Waals surface area contributed by atoms with Crippen molar-refractivity contribution in [2.45, 2.75) is 62.9 Å². The molecular formula is C28H32N2O5. The zero-order chi connectivity index (χ0) is 24.4. The molecule has 35 heavy (non-hydrogen) atoms. The molecule has 0 bridgehead atoms. The number of rotatable bonds is 8. The van der Waals surface area contributed by atoms with Crippen molar-refractivity contribution in [2.24, 2.45) is 5.92 Å². The number of carbonyl (C=O) groups excluding carboxylic acids is 2. The molecule has 2 aliphatic carbocycles. The van der Waals surface area contributed by atoms with Crippen LogP contribution in [-0.2, 0) is 14.3 Å². The highest BCUT2D eigenvalue weighted by molar-refractivity contribution is 5.80. The lowest BCUT2D eigenvalue weighted by atomic mass is 9.97. The highest BCUT2D eigenvalue weighted by atomic mass is 16.5. The second-order valence-corrected chi connectivity index (χ2v) is 9.95. The Bertz CT molecular complexity index is 1070. The van der Waals surface area contributed by atoms with Crippen LogP contribution >= 0.6 is 0 Å². The maximum absolute atomic E-state index is 13.1. The number of carbonyl (C=O) groups is 3. The molecule has 5 rings (SSSR count). The minimum absolute atomic E-state index is 0.0146. The first-order valence-electron chi connectivity index (χ1n) is 12.6. The summed E-state index contributed by atoms with van der Waals surface area (Å²) in [4.78, 5) is 38.9. The van der Waals surface area contributed by atoms with Gasteiger partial charge in [0.2, 0.25) is 5.91 Å². The number of carboxylic acid groups (broad SMARTS) is 1. The third-order valence-corrected chi connectivity index (χ3v) is 7.59. The second-order valence-electron chi connectivity index (χ2n) is 9.95. The molecule has 2 amide bonds. The number of benzene rings is 2. The average Bonchev–Trinajstić information content (AvgIpc) is 3.65. The molecule has 2 aromatic carbocycles. The molecule has 1 saturated heterocycles. The van der Waals surface area contributed by atoms with Gasteiger partial charge in [-0.25, -0.2) is 4.79 Å². The van der Waals surface area contributed by atoms with E-state index in [2.05, 4.69) is 29.6 Å². The largest absolute Gasteiger partial charge is 0.481 e. The molecule has 7 nitrogen and oxygen atoms in total. The Morgan fingerprint density at radius 2 is 1.63 bits per heavy atom. The standard InChI is InChI=1S/C28H32N2O5/c31-26(30-14-6-5-7-19(30)15-27(32)33)16-25(18-12-13-18)29-28(34)35-17-24-22-10-3-1-8-20(22)21-9-2-4-11-23(21)24/h1-4,8-11,18-19,24-25H,5-7,12-17H2,(H,29,34)(H,32,33)/t19-,25?/m0/s1. The molecule has 3 aliphatic rings. The molecule has 0 aromatic heterocycles. The first-order valence-corrected chi connectivity index (χ1v) is 12.6. The van der Waals surface area contributed by atoms with Crippen molar-refractivity contribution >= 4 is 18.0 Å². The number of hydrogen-bond donors (Lipinski definition) is 2. The zero-order valence-electron chi connectivity index (χ0n) is 19.8. The summed E-state index contributed by atoms with van der Waals surface area (Å²) >= 11 is 0. The number of fused-ring (bicyclic) bond motifs is 3. The Balaban J connectivity index is 1.20. The number of nitrogens with zero attached hydrogens (tertiary/aromatic N) is 1. The first-order chi connectivity index (χ1) is 17.0. The van der Waals surface area contributed by atoms with E-state index in [1.165, 1.54) is 11.1 Å². The van der Waals surface area contributed by atoms with Crippen molar-refractivity contribution in [3.63, 3.8) is 0 Å². The van der Waals surface area contributed by atoms with E-state index in [4.69, 9.17) is 4.74 Å². The van der Waals surface area contributed by atoms with Crippen LogP contribution in [0.25, 0.3) is 11.1 Å². The van der Waals surface area contributed by atoms with Crippen molar-refractivity contribution in [2.75, 3.05) is 13.2 Å². The number of hydrogen-bond acceptors (Lipinski definition) is 4. The Morgan fingerprint density at radius 1 is 0.971 bits per heavy atom. The van der Waals surface area contributed by atoms with Crippen molar-refractivity contribution in [3.8, 4) is 11.1 Å². The van der Waals surface area contributed by atoms with Gasteiger partial charge in [0.15, 0.2) is 0 Å². The van der Waals surface area contributed by atoms with Crippen molar-refractivity contribution in [3.05, 3.63) is 59.7 Å². The average molecular weight is 477 g/mol. The highest BCUT2D eigenvalue weighted by Gasteiger charge is 2.37. The van der Waals surface area contributed by atoms with Crippen LogP contribution in [0.2, 0.25) is 0 Å². The van der Waals surface area contributed by atoms with Crippen LogP contribution in [0, 0.1) is 5.92 Å². The molecule has 0 spiro atoms. The van der Waals surface area contributed by atoms with E-state index in [-0.39, 0.29) is 49.3 Å². The smallest absolute Gasteiger partial charge is 0.407 e. The maximum atomic E-state index is 13.1. The van der Waals surface area contributed by atoms with E-state index in [0.29, 0.717) is 13.0 Å². The Morgan fingerprint density at radius 3 is 2.26 bits per heavy atom. The van der Waals surface area contributed by atoms with Gasteiger partial charge in [0, 0.05) is 31.0 Å². The predicted molar refractivity (Wildman–Crippen MR) is 131 cm³/mol. The molecule has 2 aromatic rings. The van der Waals surface area contributed by atoms with E-state index < -0.39 is 12.1 Å².